The Morgan fingerprint density at radius 1 is 1.37 bits per heavy atom. The number of hydrogen-bond acceptors (Lipinski definition) is 6. The molecule has 1 N–H and O–H groups in total. The predicted molar refractivity (Wildman–Crippen MR) is 112 cm³/mol. The number of thiazole rings is 1. The zero-order chi connectivity index (χ0) is 17.6. The van der Waals surface area contributed by atoms with Gasteiger partial charge in [0.1, 0.15) is 6.61 Å². The maximum atomic E-state index is 12.8. The van der Waals surface area contributed by atoms with Gasteiger partial charge in [0.25, 0.3) is 5.91 Å². The molecule has 0 bridgehead atoms. The molecule has 0 radical (unpaired) electrons. The zero-order valence-corrected chi connectivity index (χ0v) is 17.8. The minimum absolute atomic E-state index is 0. The molecule has 2 heterocycles. The summed E-state index contributed by atoms with van der Waals surface area (Å²) < 4.78 is 11.2. The standard InChI is InChI=1S/C18H23N3O3S.2ClH/c1-19-9-15-4-3-7-21(15)18(22)13-5-6-16(17(8-13)23-2)24-10-14-11-25-12-20-14;;/h5-6,8,11-12,15,19H,3-4,7,9-10H2,1-2H3;2*1H. The van der Waals surface area contributed by atoms with Gasteiger partial charge in [-0.15, -0.1) is 36.2 Å². The normalized spacial score (nSPS) is 15.6. The van der Waals surface area contributed by atoms with Crippen LogP contribution in [0, 0.1) is 0 Å². The fourth-order valence-electron chi connectivity index (χ4n) is 3.10. The molecule has 1 amide bonds. The Kier molecular flexibility index (Phi) is 9.87. The number of halogens is 2. The van der Waals surface area contributed by atoms with Crippen LogP contribution in [0.5, 0.6) is 11.5 Å². The zero-order valence-electron chi connectivity index (χ0n) is 15.3. The lowest BCUT2D eigenvalue weighted by Gasteiger charge is -2.25. The van der Waals surface area contributed by atoms with Crippen LogP contribution in [0.15, 0.2) is 29.1 Å². The molecule has 1 fully saturated rings. The van der Waals surface area contributed by atoms with Crippen LogP contribution in [0.2, 0.25) is 0 Å². The van der Waals surface area contributed by atoms with E-state index in [1.807, 2.05) is 17.3 Å². The van der Waals surface area contributed by atoms with E-state index in [1.165, 1.54) is 11.3 Å². The first kappa shape index (κ1) is 23.5. The summed E-state index contributed by atoms with van der Waals surface area (Å²) in [7, 11) is 3.50. The van der Waals surface area contributed by atoms with E-state index in [0.29, 0.717) is 23.7 Å². The van der Waals surface area contributed by atoms with Gasteiger partial charge in [-0.1, -0.05) is 0 Å². The summed E-state index contributed by atoms with van der Waals surface area (Å²) in [4.78, 5) is 19.0. The topological polar surface area (TPSA) is 63.7 Å². The van der Waals surface area contributed by atoms with Crippen LogP contribution in [0.4, 0.5) is 0 Å². The molecule has 1 aliphatic rings. The molecule has 1 saturated heterocycles. The highest BCUT2D eigenvalue weighted by molar-refractivity contribution is 7.07. The largest absolute Gasteiger partial charge is 0.493 e. The molecule has 0 spiro atoms. The van der Waals surface area contributed by atoms with E-state index in [1.54, 1.807) is 30.8 Å². The fourth-order valence-corrected chi connectivity index (χ4v) is 3.64. The maximum Gasteiger partial charge on any atom is 0.254 e. The maximum absolute atomic E-state index is 12.8. The van der Waals surface area contributed by atoms with Gasteiger partial charge in [-0.05, 0) is 38.1 Å². The second kappa shape index (κ2) is 11.3. The Bertz CT molecular complexity index is 716. The summed E-state index contributed by atoms with van der Waals surface area (Å²) in [5.41, 5.74) is 3.27. The van der Waals surface area contributed by atoms with E-state index in [2.05, 4.69) is 10.3 Å². The minimum Gasteiger partial charge on any atom is -0.493 e. The van der Waals surface area contributed by atoms with Crippen LogP contribution in [0.3, 0.4) is 0 Å². The third-order valence-corrected chi connectivity index (χ3v) is 4.98. The molecule has 6 nitrogen and oxygen atoms in total. The predicted octanol–water partition coefficient (Wildman–Crippen LogP) is 3.40. The molecule has 3 rings (SSSR count). The smallest absolute Gasteiger partial charge is 0.254 e. The van der Waals surface area contributed by atoms with E-state index in [0.717, 1.165) is 31.6 Å². The number of benzene rings is 1. The van der Waals surface area contributed by atoms with Gasteiger partial charge < -0.3 is 19.7 Å². The molecule has 0 saturated carbocycles. The molecule has 27 heavy (non-hydrogen) atoms. The lowest BCUT2D eigenvalue weighted by atomic mass is 10.1. The quantitative estimate of drug-likeness (QED) is 0.724. The Morgan fingerprint density at radius 3 is 2.85 bits per heavy atom. The number of likely N-dealkylation sites (tertiary alicyclic amines) is 1. The average molecular weight is 434 g/mol. The van der Waals surface area contributed by atoms with Crippen LogP contribution >= 0.6 is 36.2 Å². The highest BCUT2D eigenvalue weighted by atomic mass is 35.5. The SMILES string of the molecule is CNCC1CCCN1C(=O)c1ccc(OCc2cscn2)c(OC)c1.Cl.Cl. The molecule has 2 aromatic rings. The summed E-state index contributed by atoms with van der Waals surface area (Å²) in [6.45, 7) is 2.00. The molecule has 0 aliphatic carbocycles. The Hall–Kier alpha value is -1.54. The first-order chi connectivity index (χ1) is 12.2. The van der Waals surface area contributed by atoms with Gasteiger partial charge in [0.15, 0.2) is 11.5 Å². The monoisotopic (exact) mass is 433 g/mol. The minimum atomic E-state index is 0. The van der Waals surface area contributed by atoms with Gasteiger partial charge in [0, 0.05) is 30.1 Å². The Labute approximate surface area is 176 Å². The molecule has 1 aromatic heterocycles. The number of aromatic nitrogens is 1. The van der Waals surface area contributed by atoms with Crippen molar-refractivity contribution in [2.75, 3.05) is 27.2 Å². The third kappa shape index (κ3) is 5.72. The number of ether oxygens (including phenoxy) is 2. The summed E-state index contributed by atoms with van der Waals surface area (Å²) in [5.74, 6) is 1.22. The Balaban J connectivity index is 0.00000182. The first-order valence-corrected chi connectivity index (χ1v) is 9.30. The molecule has 1 atom stereocenters. The number of carbonyl (C=O) groups is 1. The number of rotatable bonds is 7. The van der Waals surface area contributed by atoms with Crippen molar-refractivity contribution in [3.8, 4) is 11.5 Å². The van der Waals surface area contributed by atoms with Gasteiger partial charge in [0.2, 0.25) is 0 Å². The van der Waals surface area contributed by atoms with Crippen LogP contribution in [0.25, 0.3) is 0 Å². The van der Waals surface area contributed by atoms with E-state index in [4.69, 9.17) is 9.47 Å². The summed E-state index contributed by atoms with van der Waals surface area (Å²) in [5, 5.41) is 5.11. The van der Waals surface area contributed by atoms with E-state index in [-0.39, 0.29) is 36.8 Å². The molecular weight excluding hydrogens is 409 g/mol. The number of methoxy groups -OCH3 is 1. The molecule has 1 aliphatic heterocycles. The van der Waals surface area contributed by atoms with Gasteiger partial charge in [-0.2, -0.15) is 0 Å². The number of hydrogen-bond donors (Lipinski definition) is 1. The lowest BCUT2D eigenvalue weighted by molar-refractivity contribution is 0.0736. The van der Waals surface area contributed by atoms with Crippen molar-refractivity contribution < 1.29 is 14.3 Å². The first-order valence-electron chi connectivity index (χ1n) is 8.36. The van der Waals surface area contributed by atoms with Crippen molar-refractivity contribution >= 4 is 42.1 Å². The van der Waals surface area contributed by atoms with E-state index >= 15 is 0 Å². The van der Waals surface area contributed by atoms with Crippen LogP contribution < -0.4 is 14.8 Å². The van der Waals surface area contributed by atoms with Crippen molar-refractivity contribution in [3.63, 3.8) is 0 Å². The molecule has 150 valence electrons. The average Bonchev–Trinajstić information content (AvgIpc) is 3.31. The van der Waals surface area contributed by atoms with Crippen LogP contribution in [0.1, 0.15) is 28.9 Å². The van der Waals surface area contributed by atoms with Crippen molar-refractivity contribution in [2.24, 2.45) is 0 Å². The third-order valence-electron chi connectivity index (χ3n) is 4.35. The van der Waals surface area contributed by atoms with Crippen molar-refractivity contribution in [2.45, 2.75) is 25.5 Å². The van der Waals surface area contributed by atoms with Crippen LogP contribution in [-0.2, 0) is 6.61 Å². The summed E-state index contributed by atoms with van der Waals surface area (Å²) in [6.07, 6.45) is 2.09. The van der Waals surface area contributed by atoms with Gasteiger partial charge in [-0.25, -0.2) is 4.98 Å². The summed E-state index contributed by atoms with van der Waals surface area (Å²) >= 11 is 1.53. The van der Waals surface area contributed by atoms with Crippen molar-refractivity contribution in [1.82, 2.24) is 15.2 Å². The second-order valence-electron chi connectivity index (χ2n) is 5.99. The number of carbonyl (C=O) groups excluding carboxylic acids is 1. The van der Waals surface area contributed by atoms with Gasteiger partial charge >= 0.3 is 0 Å². The number of nitrogens with one attached hydrogen (secondary N) is 1. The Morgan fingerprint density at radius 2 is 2.19 bits per heavy atom. The van der Waals surface area contributed by atoms with Crippen molar-refractivity contribution in [3.05, 3.63) is 40.3 Å². The number of amides is 1. The van der Waals surface area contributed by atoms with Crippen LogP contribution in [-0.4, -0.2) is 49.1 Å². The number of nitrogens with zero attached hydrogens (tertiary/aromatic N) is 2. The highest BCUT2D eigenvalue weighted by Crippen LogP contribution is 2.30. The molecule has 1 aromatic carbocycles. The highest BCUT2D eigenvalue weighted by Gasteiger charge is 2.29. The molecule has 9 heteroatoms. The van der Waals surface area contributed by atoms with Gasteiger partial charge in [0.05, 0.1) is 18.3 Å². The van der Waals surface area contributed by atoms with E-state index < -0.39 is 0 Å². The fraction of sp³-hybridized carbons (Fsp3) is 0.444. The lowest BCUT2D eigenvalue weighted by Crippen LogP contribution is -2.40. The second-order valence-corrected chi connectivity index (χ2v) is 6.71. The molecular formula is C18H25Cl2N3O3S. The molecule has 1 unspecified atom stereocenters. The summed E-state index contributed by atoms with van der Waals surface area (Å²) in [6, 6.07) is 5.61. The van der Waals surface area contributed by atoms with Gasteiger partial charge in [-0.3, -0.25) is 4.79 Å². The van der Waals surface area contributed by atoms with E-state index in [9.17, 15) is 4.79 Å². The van der Waals surface area contributed by atoms with Crippen molar-refractivity contribution in [1.29, 1.82) is 0 Å². The number of likely N-dealkylation sites (N-methyl/N-ethyl adjacent to an activating group) is 1.